The summed E-state index contributed by atoms with van der Waals surface area (Å²) in [5.74, 6) is 0.378. The molecule has 0 spiro atoms. The molecule has 1 aliphatic rings. The zero-order chi connectivity index (χ0) is 12.3. The van der Waals surface area contributed by atoms with Gasteiger partial charge in [0.15, 0.2) is 0 Å². The summed E-state index contributed by atoms with van der Waals surface area (Å²) in [5.41, 5.74) is 1.67. The van der Waals surface area contributed by atoms with E-state index in [2.05, 4.69) is 19.2 Å². The molecule has 1 heterocycles. The van der Waals surface area contributed by atoms with Crippen molar-refractivity contribution >= 4 is 0 Å². The molecule has 0 amide bonds. The summed E-state index contributed by atoms with van der Waals surface area (Å²) >= 11 is 0. The molecule has 17 heavy (non-hydrogen) atoms. The number of benzene rings is 1. The Balaban J connectivity index is 2.30. The van der Waals surface area contributed by atoms with Gasteiger partial charge in [0.2, 0.25) is 0 Å². The van der Waals surface area contributed by atoms with Gasteiger partial charge in [-0.2, -0.15) is 0 Å². The summed E-state index contributed by atoms with van der Waals surface area (Å²) in [6.07, 6.45) is 3.63. The van der Waals surface area contributed by atoms with Crippen molar-refractivity contribution in [3.63, 3.8) is 0 Å². The van der Waals surface area contributed by atoms with E-state index in [0.29, 0.717) is 11.3 Å². The van der Waals surface area contributed by atoms with Gasteiger partial charge in [0.25, 0.3) is 0 Å². The minimum absolute atomic E-state index is 0.142. The molecule has 1 unspecified atom stereocenters. The first-order chi connectivity index (χ1) is 8.22. The first kappa shape index (κ1) is 12.6. The standard InChI is InChI=1S/C15H22FN/c1-3-15(4-2)9-10-17-11-14(15)12-5-7-13(16)8-6-12/h5-8,14,17H,3-4,9-11H2,1-2H3. The zero-order valence-electron chi connectivity index (χ0n) is 10.8. The fourth-order valence-corrected chi connectivity index (χ4v) is 3.24. The van der Waals surface area contributed by atoms with Crippen molar-refractivity contribution in [3.05, 3.63) is 35.6 Å². The van der Waals surface area contributed by atoms with Gasteiger partial charge in [-0.1, -0.05) is 26.0 Å². The predicted octanol–water partition coefficient (Wildman–Crippen LogP) is 3.71. The molecule has 1 fully saturated rings. The van der Waals surface area contributed by atoms with Gasteiger partial charge in [-0.15, -0.1) is 0 Å². The van der Waals surface area contributed by atoms with Gasteiger partial charge in [0.05, 0.1) is 0 Å². The molecule has 1 aliphatic heterocycles. The van der Waals surface area contributed by atoms with Gasteiger partial charge < -0.3 is 5.32 Å². The lowest BCUT2D eigenvalue weighted by Gasteiger charge is -2.44. The maximum Gasteiger partial charge on any atom is 0.123 e. The minimum atomic E-state index is -0.142. The van der Waals surface area contributed by atoms with Gasteiger partial charge in [-0.25, -0.2) is 4.39 Å². The molecular formula is C15H22FN. The van der Waals surface area contributed by atoms with Crippen LogP contribution in [0.5, 0.6) is 0 Å². The Morgan fingerprint density at radius 2 is 1.88 bits per heavy atom. The number of hydrogen-bond acceptors (Lipinski definition) is 1. The lowest BCUT2D eigenvalue weighted by atomic mass is 9.65. The van der Waals surface area contributed by atoms with Crippen LogP contribution < -0.4 is 5.32 Å². The summed E-state index contributed by atoms with van der Waals surface area (Å²) < 4.78 is 13.0. The first-order valence-electron chi connectivity index (χ1n) is 6.68. The lowest BCUT2D eigenvalue weighted by molar-refractivity contribution is 0.148. The van der Waals surface area contributed by atoms with Crippen molar-refractivity contribution < 1.29 is 4.39 Å². The normalized spacial score (nSPS) is 23.6. The van der Waals surface area contributed by atoms with E-state index in [1.165, 1.54) is 24.8 Å². The Kier molecular flexibility index (Phi) is 3.82. The van der Waals surface area contributed by atoms with Crippen LogP contribution >= 0.6 is 0 Å². The summed E-state index contributed by atoms with van der Waals surface area (Å²) in [5, 5.41) is 3.48. The Hall–Kier alpha value is -0.890. The second kappa shape index (κ2) is 5.18. The molecule has 2 rings (SSSR count). The van der Waals surface area contributed by atoms with E-state index in [9.17, 15) is 4.39 Å². The molecule has 1 nitrogen and oxygen atoms in total. The Morgan fingerprint density at radius 1 is 1.24 bits per heavy atom. The smallest absolute Gasteiger partial charge is 0.123 e. The summed E-state index contributed by atoms with van der Waals surface area (Å²) in [6.45, 7) is 6.70. The first-order valence-corrected chi connectivity index (χ1v) is 6.68. The second-order valence-electron chi connectivity index (χ2n) is 5.13. The van der Waals surface area contributed by atoms with E-state index in [1.54, 1.807) is 12.1 Å². The van der Waals surface area contributed by atoms with Crippen molar-refractivity contribution in [1.29, 1.82) is 0 Å². The highest BCUT2D eigenvalue weighted by Crippen LogP contribution is 2.46. The van der Waals surface area contributed by atoms with Crippen molar-refractivity contribution in [2.75, 3.05) is 13.1 Å². The molecule has 1 saturated heterocycles. The highest BCUT2D eigenvalue weighted by Gasteiger charge is 2.38. The monoisotopic (exact) mass is 235 g/mol. The van der Waals surface area contributed by atoms with Crippen LogP contribution in [-0.4, -0.2) is 13.1 Å². The Bertz CT molecular complexity index is 354. The van der Waals surface area contributed by atoms with Crippen LogP contribution in [-0.2, 0) is 0 Å². The number of rotatable bonds is 3. The molecule has 1 aromatic rings. The Morgan fingerprint density at radius 3 is 2.47 bits per heavy atom. The van der Waals surface area contributed by atoms with E-state index in [1.807, 2.05) is 12.1 Å². The molecule has 1 atom stereocenters. The quantitative estimate of drug-likeness (QED) is 0.842. The molecule has 0 radical (unpaired) electrons. The molecule has 1 N–H and O–H groups in total. The SMILES string of the molecule is CCC1(CC)CCNCC1c1ccc(F)cc1. The van der Waals surface area contributed by atoms with Gasteiger partial charge in [-0.05, 0) is 48.9 Å². The molecule has 0 aromatic heterocycles. The van der Waals surface area contributed by atoms with Crippen molar-refractivity contribution in [1.82, 2.24) is 5.32 Å². The van der Waals surface area contributed by atoms with Crippen molar-refractivity contribution in [2.45, 2.75) is 39.0 Å². The average Bonchev–Trinajstić information content (AvgIpc) is 2.39. The van der Waals surface area contributed by atoms with E-state index in [4.69, 9.17) is 0 Å². The van der Waals surface area contributed by atoms with Crippen LogP contribution in [0.15, 0.2) is 24.3 Å². The van der Waals surface area contributed by atoms with Gasteiger partial charge in [0.1, 0.15) is 5.82 Å². The average molecular weight is 235 g/mol. The van der Waals surface area contributed by atoms with Crippen LogP contribution in [0.2, 0.25) is 0 Å². The van der Waals surface area contributed by atoms with Gasteiger partial charge in [-0.3, -0.25) is 0 Å². The van der Waals surface area contributed by atoms with E-state index < -0.39 is 0 Å². The lowest BCUT2D eigenvalue weighted by Crippen LogP contribution is -2.43. The summed E-state index contributed by atoms with van der Waals surface area (Å²) in [6, 6.07) is 7.07. The third kappa shape index (κ3) is 2.37. The highest BCUT2D eigenvalue weighted by atomic mass is 19.1. The molecule has 0 bridgehead atoms. The van der Waals surface area contributed by atoms with E-state index in [-0.39, 0.29) is 5.82 Å². The third-order valence-electron chi connectivity index (χ3n) is 4.57. The van der Waals surface area contributed by atoms with Crippen LogP contribution in [0.4, 0.5) is 4.39 Å². The second-order valence-corrected chi connectivity index (χ2v) is 5.13. The molecular weight excluding hydrogens is 213 g/mol. The Labute approximate surface area is 103 Å². The summed E-state index contributed by atoms with van der Waals surface area (Å²) in [7, 11) is 0. The molecule has 0 saturated carbocycles. The van der Waals surface area contributed by atoms with Crippen LogP contribution in [0, 0.1) is 11.2 Å². The van der Waals surface area contributed by atoms with Crippen LogP contribution in [0.25, 0.3) is 0 Å². The zero-order valence-corrected chi connectivity index (χ0v) is 10.8. The largest absolute Gasteiger partial charge is 0.316 e. The fourth-order valence-electron chi connectivity index (χ4n) is 3.24. The van der Waals surface area contributed by atoms with Crippen LogP contribution in [0.3, 0.4) is 0 Å². The maximum absolute atomic E-state index is 13.0. The number of piperidine rings is 1. The molecule has 1 aromatic carbocycles. The predicted molar refractivity (Wildman–Crippen MR) is 69.6 cm³/mol. The molecule has 94 valence electrons. The van der Waals surface area contributed by atoms with E-state index in [0.717, 1.165) is 13.1 Å². The molecule has 0 aliphatic carbocycles. The number of hydrogen-bond donors (Lipinski definition) is 1. The van der Waals surface area contributed by atoms with Crippen molar-refractivity contribution in [2.24, 2.45) is 5.41 Å². The van der Waals surface area contributed by atoms with Gasteiger partial charge >= 0.3 is 0 Å². The van der Waals surface area contributed by atoms with Crippen LogP contribution in [0.1, 0.15) is 44.6 Å². The topological polar surface area (TPSA) is 12.0 Å². The molecule has 2 heteroatoms. The summed E-state index contributed by atoms with van der Waals surface area (Å²) in [4.78, 5) is 0. The maximum atomic E-state index is 13.0. The van der Waals surface area contributed by atoms with Gasteiger partial charge in [0, 0.05) is 12.5 Å². The number of nitrogens with one attached hydrogen (secondary N) is 1. The third-order valence-corrected chi connectivity index (χ3v) is 4.57. The van der Waals surface area contributed by atoms with Crippen molar-refractivity contribution in [3.8, 4) is 0 Å². The number of halogens is 1. The van der Waals surface area contributed by atoms with E-state index >= 15 is 0 Å². The fraction of sp³-hybridized carbons (Fsp3) is 0.600. The minimum Gasteiger partial charge on any atom is -0.316 e. The highest BCUT2D eigenvalue weighted by molar-refractivity contribution is 5.24.